The van der Waals surface area contributed by atoms with E-state index < -0.39 is 27.9 Å². The zero-order chi connectivity index (χ0) is 26.7. The Kier molecular flexibility index (Phi) is 8.23. The molecule has 0 spiro atoms. The van der Waals surface area contributed by atoms with E-state index in [4.69, 9.17) is 4.74 Å². The molecular formula is C26H33F2N5O3S. The Labute approximate surface area is 216 Å². The van der Waals surface area contributed by atoms with Crippen molar-refractivity contribution < 1.29 is 21.9 Å². The highest BCUT2D eigenvalue weighted by molar-refractivity contribution is 7.91. The molecule has 3 heterocycles. The summed E-state index contributed by atoms with van der Waals surface area (Å²) in [4.78, 5) is 15.4. The number of hydrogen-bond acceptors (Lipinski definition) is 8. The first-order valence-corrected chi connectivity index (χ1v) is 14.2. The molecule has 4 rings (SSSR count). The summed E-state index contributed by atoms with van der Waals surface area (Å²) < 4.78 is 59.0. The summed E-state index contributed by atoms with van der Waals surface area (Å²) in [6.45, 7) is 4.19. The van der Waals surface area contributed by atoms with E-state index in [1.807, 2.05) is 25.1 Å². The second-order valence-corrected chi connectivity index (χ2v) is 12.1. The first-order chi connectivity index (χ1) is 17.6. The van der Waals surface area contributed by atoms with Crippen molar-refractivity contribution in [1.82, 2.24) is 19.9 Å². The number of aromatic nitrogens is 3. The summed E-state index contributed by atoms with van der Waals surface area (Å²) in [6, 6.07) is 6.08. The van der Waals surface area contributed by atoms with E-state index >= 15 is 0 Å². The van der Waals surface area contributed by atoms with Crippen LogP contribution in [0.4, 0.5) is 14.6 Å². The number of halogens is 2. The summed E-state index contributed by atoms with van der Waals surface area (Å²) in [7, 11) is 0.852. The predicted octanol–water partition coefficient (Wildman–Crippen LogP) is 4.60. The third kappa shape index (κ3) is 6.32. The quantitative estimate of drug-likeness (QED) is 0.426. The highest BCUT2D eigenvalue weighted by Crippen LogP contribution is 2.37. The van der Waals surface area contributed by atoms with Crippen LogP contribution in [0, 0.1) is 5.82 Å². The van der Waals surface area contributed by atoms with E-state index in [2.05, 4.69) is 20.3 Å². The lowest BCUT2D eigenvalue weighted by Gasteiger charge is -2.25. The van der Waals surface area contributed by atoms with Gasteiger partial charge in [0.05, 0.1) is 22.9 Å². The number of fused-ring (bicyclic) bond motifs is 1. The number of anilines is 1. The summed E-state index contributed by atoms with van der Waals surface area (Å²) in [6.07, 6.45) is 0.901. The molecule has 2 atom stereocenters. The van der Waals surface area contributed by atoms with Crippen LogP contribution < -0.4 is 10.1 Å². The van der Waals surface area contributed by atoms with Gasteiger partial charge in [-0.15, -0.1) is 0 Å². The van der Waals surface area contributed by atoms with Crippen LogP contribution >= 0.6 is 0 Å². The number of hydrogen-bond donors (Lipinski definition) is 1. The number of nitrogens with one attached hydrogen (secondary N) is 1. The molecule has 2 aromatic heterocycles. The Morgan fingerprint density at radius 2 is 1.86 bits per heavy atom. The van der Waals surface area contributed by atoms with E-state index in [1.165, 1.54) is 19.3 Å². The van der Waals surface area contributed by atoms with Gasteiger partial charge in [0, 0.05) is 23.2 Å². The number of rotatable bonds is 9. The zero-order valence-electron chi connectivity index (χ0n) is 21.5. The fourth-order valence-corrected chi connectivity index (χ4v) is 6.02. The highest BCUT2D eigenvalue weighted by Gasteiger charge is 2.28. The SMILES string of the molecule is CC(F)c1cccc([C@@H](C)Nc2ncnc3nc(OCCN(C)C)c(C4CCS(=O)(=O)CC4)cc23)c1F. The normalized spacial score (nSPS) is 17.6. The fraction of sp³-hybridized carbons (Fsp3) is 0.500. The maximum Gasteiger partial charge on any atom is 0.218 e. The van der Waals surface area contributed by atoms with Crippen molar-refractivity contribution in [3.05, 3.63) is 53.1 Å². The van der Waals surface area contributed by atoms with Gasteiger partial charge >= 0.3 is 0 Å². The molecule has 0 aliphatic carbocycles. The molecule has 200 valence electrons. The number of sulfone groups is 1. The maximum atomic E-state index is 15.0. The molecule has 1 unspecified atom stereocenters. The Hall–Kier alpha value is -2.92. The van der Waals surface area contributed by atoms with E-state index in [0.717, 1.165) is 5.56 Å². The number of likely N-dealkylation sites (N-methyl/N-ethyl adjacent to an activating group) is 1. The second kappa shape index (κ2) is 11.2. The van der Waals surface area contributed by atoms with Gasteiger partial charge in [-0.2, -0.15) is 4.98 Å². The van der Waals surface area contributed by atoms with Gasteiger partial charge in [-0.1, -0.05) is 18.2 Å². The molecule has 8 nitrogen and oxygen atoms in total. The molecule has 1 saturated heterocycles. The molecule has 0 saturated carbocycles. The first kappa shape index (κ1) is 27.1. The molecule has 1 aliphatic heterocycles. The number of ether oxygens (including phenoxy) is 1. The van der Waals surface area contributed by atoms with Crippen molar-refractivity contribution in [2.75, 3.05) is 44.1 Å². The summed E-state index contributed by atoms with van der Waals surface area (Å²) in [5, 5.41) is 3.85. The lowest BCUT2D eigenvalue weighted by Crippen LogP contribution is -2.24. The topological polar surface area (TPSA) is 97.3 Å². The smallest absolute Gasteiger partial charge is 0.218 e. The standard InChI is InChI=1S/C26H33F2N5O3S/c1-16(27)19-6-5-7-20(23(19)28)17(2)31-24-22-14-21(18-8-12-37(34,35)13-9-18)26(36-11-10-33(3)4)32-25(22)30-15-29-24/h5-7,14-18H,8-13H2,1-4H3,(H,29,30,31,32)/t16?,17-/m1/s1. The largest absolute Gasteiger partial charge is 0.476 e. The van der Waals surface area contributed by atoms with Gasteiger partial charge in [-0.05, 0) is 52.8 Å². The van der Waals surface area contributed by atoms with Crippen molar-refractivity contribution in [2.45, 2.75) is 44.8 Å². The van der Waals surface area contributed by atoms with Crippen LogP contribution in [-0.4, -0.2) is 67.0 Å². The van der Waals surface area contributed by atoms with Crippen molar-refractivity contribution in [2.24, 2.45) is 0 Å². The number of nitrogens with zero attached hydrogens (tertiary/aromatic N) is 4. The van der Waals surface area contributed by atoms with E-state index in [1.54, 1.807) is 19.1 Å². The Bertz CT molecular complexity index is 1350. The van der Waals surface area contributed by atoms with Gasteiger partial charge in [0.2, 0.25) is 5.88 Å². The van der Waals surface area contributed by atoms with Crippen LogP contribution in [0.15, 0.2) is 30.6 Å². The van der Waals surface area contributed by atoms with Gasteiger partial charge < -0.3 is 15.0 Å². The van der Waals surface area contributed by atoms with Crippen LogP contribution in [-0.2, 0) is 9.84 Å². The summed E-state index contributed by atoms with van der Waals surface area (Å²) in [5.41, 5.74) is 1.55. The molecule has 37 heavy (non-hydrogen) atoms. The second-order valence-electron chi connectivity index (χ2n) is 9.79. The van der Waals surface area contributed by atoms with Crippen LogP contribution in [0.2, 0.25) is 0 Å². The molecule has 1 fully saturated rings. The summed E-state index contributed by atoms with van der Waals surface area (Å²) in [5.74, 6) is 0.487. The molecule has 0 amide bonds. The van der Waals surface area contributed by atoms with E-state index in [9.17, 15) is 17.2 Å². The number of benzene rings is 1. The van der Waals surface area contributed by atoms with Crippen molar-refractivity contribution >= 4 is 26.7 Å². The van der Waals surface area contributed by atoms with Crippen molar-refractivity contribution in [3.63, 3.8) is 0 Å². The van der Waals surface area contributed by atoms with E-state index in [-0.39, 0.29) is 23.0 Å². The fourth-order valence-electron chi connectivity index (χ4n) is 4.53. The Morgan fingerprint density at radius 3 is 2.54 bits per heavy atom. The van der Waals surface area contributed by atoms with Gasteiger partial charge in [0.25, 0.3) is 0 Å². The van der Waals surface area contributed by atoms with Crippen molar-refractivity contribution in [3.8, 4) is 5.88 Å². The average molecular weight is 534 g/mol. The van der Waals surface area contributed by atoms with Crippen LogP contribution in [0.1, 0.15) is 61.5 Å². The molecule has 3 aromatic rings. The minimum Gasteiger partial charge on any atom is -0.476 e. The third-order valence-corrected chi connectivity index (χ3v) is 8.41. The molecule has 0 bridgehead atoms. The van der Waals surface area contributed by atoms with Crippen LogP contribution in [0.5, 0.6) is 5.88 Å². The monoisotopic (exact) mass is 533 g/mol. The van der Waals surface area contributed by atoms with Gasteiger partial charge in [-0.3, -0.25) is 0 Å². The molecule has 11 heteroatoms. The average Bonchev–Trinajstić information content (AvgIpc) is 2.83. The zero-order valence-corrected chi connectivity index (χ0v) is 22.4. The van der Waals surface area contributed by atoms with Gasteiger partial charge in [0.15, 0.2) is 5.65 Å². The lowest BCUT2D eigenvalue weighted by atomic mass is 9.93. The van der Waals surface area contributed by atoms with Crippen LogP contribution in [0.25, 0.3) is 11.0 Å². The number of pyridine rings is 1. The van der Waals surface area contributed by atoms with Gasteiger partial charge in [0.1, 0.15) is 40.6 Å². The van der Waals surface area contributed by atoms with Crippen LogP contribution in [0.3, 0.4) is 0 Å². The highest BCUT2D eigenvalue weighted by atomic mass is 32.2. The lowest BCUT2D eigenvalue weighted by molar-refractivity contribution is 0.251. The molecule has 0 radical (unpaired) electrons. The summed E-state index contributed by atoms with van der Waals surface area (Å²) >= 11 is 0. The Balaban J connectivity index is 1.71. The van der Waals surface area contributed by atoms with Gasteiger partial charge in [-0.25, -0.2) is 27.2 Å². The molecule has 1 aliphatic rings. The minimum atomic E-state index is -3.04. The molecular weight excluding hydrogens is 500 g/mol. The minimum absolute atomic E-state index is 0.00872. The first-order valence-electron chi connectivity index (χ1n) is 12.4. The maximum absolute atomic E-state index is 15.0. The third-order valence-electron chi connectivity index (χ3n) is 6.70. The van der Waals surface area contributed by atoms with E-state index in [0.29, 0.717) is 54.3 Å². The predicted molar refractivity (Wildman–Crippen MR) is 140 cm³/mol. The Morgan fingerprint density at radius 1 is 1.16 bits per heavy atom. The molecule has 1 N–H and O–H groups in total. The van der Waals surface area contributed by atoms with Crippen molar-refractivity contribution in [1.29, 1.82) is 0 Å². The number of alkyl halides is 1. The molecule has 1 aromatic carbocycles.